The van der Waals surface area contributed by atoms with Crippen LogP contribution in [0.25, 0.3) is 16.6 Å². The van der Waals surface area contributed by atoms with Crippen LogP contribution in [0.15, 0.2) is 24.5 Å². The summed E-state index contributed by atoms with van der Waals surface area (Å²) >= 11 is 12.0. The van der Waals surface area contributed by atoms with Gasteiger partial charge >= 0.3 is 0 Å². The van der Waals surface area contributed by atoms with Crippen LogP contribution in [0.4, 0.5) is 0 Å². The predicted molar refractivity (Wildman–Crippen MR) is 58.3 cm³/mol. The lowest BCUT2D eigenvalue weighted by molar-refractivity contribution is 0.935. The summed E-state index contributed by atoms with van der Waals surface area (Å²) in [6.45, 7) is 0. The maximum Gasteiger partial charge on any atom is 0.226 e. The van der Waals surface area contributed by atoms with Crippen molar-refractivity contribution in [1.29, 1.82) is 0 Å². The van der Waals surface area contributed by atoms with Gasteiger partial charge in [0, 0.05) is 0 Å². The van der Waals surface area contributed by atoms with E-state index in [-0.39, 0.29) is 5.28 Å². The molecule has 0 aliphatic heterocycles. The third-order valence-electron chi connectivity index (χ3n) is 2.15. The molecular weight excluding hydrogens is 235 g/mol. The molecule has 74 valence electrons. The topological polar surface area (TPSA) is 43.1 Å². The van der Waals surface area contributed by atoms with Crippen LogP contribution >= 0.6 is 23.2 Å². The number of benzene rings is 1. The van der Waals surface area contributed by atoms with Crippen LogP contribution < -0.4 is 0 Å². The second-order valence-corrected chi connectivity index (χ2v) is 3.76. The molecule has 4 nitrogen and oxygen atoms in total. The van der Waals surface area contributed by atoms with Crippen LogP contribution in [-0.4, -0.2) is 19.6 Å². The summed E-state index contributed by atoms with van der Waals surface area (Å²) in [6.07, 6.45) is 1.42. The Bertz CT molecular complexity index is 662. The molecule has 0 bridgehead atoms. The summed E-state index contributed by atoms with van der Waals surface area (Å²) in [4.78, 5) is 8.29. The van der Waals surface area contributed by atoms with E-state index in [0.29, 0.717) is 16.2 Å². The Morgan fingerprint density at radius 3 is 2.93 bits per heavy atom. The van der Waals surface area contributed by atoms with Gasteiger partial charge in [-0.2, -0.15) is 9.61 Å². The third kappa shape index (κ3) is 1.19. The van der Waals surface area contributed by atoms with Crippen LogP contribution in [0.1, 0.15) is 0 Å². The second-order valence-electron chi connectivity index (χ2n) is 3.01. The van der Waals surface area contributed by atoms with Crippen molar-refractivity contribution < 1.29 is 0 Å². The fourth-order valence-corrected chi connectivity index (χ4v) is 1.99. The number of fused-ring (bicyclic) bond motifs is 3. The molecule has 0 aliphatic rings. The van der Waals surface area contributed by atoms with Crippen molar-refractivity contribution in [3.63, 3.8) is 0 Å². The Kier molecular flexibility index (Phi) is 1.81. The molecule has 2 aromatic heterocycles. The number of hydrogen-bond acceptors (Lipinski definition) is 3. The molecule has 3 rings (SSSR count). The van der Waals surface area contributed by atoms with Gasteiger partial charge in [0.1, 0.15) is 6.33 Å². The fraction of sp³-hybridized carbons (Fsp3) is 0. The molecule has 0 aliphatic carbocycles. The average molecular weight is 239 g/mol. The zero-order chi connectivity index (χ0) is 10.4. The van der Waals surface area contributed by atoms with Gasteiger partial charge in [-0.3, -0.25) is 0 Å². The quantitative estimate of drug-likeness (QED) is 0.566. The minimum absolute atomic E-state index is 0.275. The second kappa shape index (κ2) is 3.05. The standard InChI is InChI=1S/C9H4Cl2N4/c10-5-2-1-3-6-7(5)8-12-4-13-15(8)9(11)14-6/h1-4H. The Labute approximate surface area is 94.5 Å². The van der Waals surface area contributed by atoms with E-state index in [1.807, 2.05) is 12.1 Å². The van der Waals surface area contributed by atoms with Gasteiger partial charge < -0.3 is 0 Å². The van der Waals surface area contributed by atoms with Crippen LogP contribution in [0.2, 0.25) is 10.3 Å². The highest BCUT2D eigenvalue weighted by Gasteiger charge is 2.10. The van der Waals surface area contributed by atoms with Gasteiger partial charge in [0.25, 0.3) is 0 Å². The van der Waals surface area contributed by atoms with E-state index in [4.69, 9.17) is 23.2 Å². The minimum Gasteiger partial charge on any atom is -0.218 e. The number of aromatic nitrogens is 4. The Morgan fingerprint density at radius 2 is 2.07 bits per heavy atom. The predicted octanol–water partition coefficient (Wildman–Crippen LogP) is 2.58. The van der Waals surface area contributed by atoms with E-state index in [2.05, 4.69) is 15.1 Å². The van der Waals surface area contributed by atoms with Gasteiger partial charge in [-0.15, -0.1) is 0 Å². The van der Waals surface area contributed by atoms with Crippen LogP contribution in [0.3, 0.4) is 0 Å². The molecule has 0 amide bonds. The number of hydrogen-bond donors (Lipinski definition) is 0. The highest BCUT2D eigenvalue weighted by molar-refractivity contribution is 6.37. The van der Waals surface area contributed by atoms with Crippen LogP contribution in [0.5, 0.6) is 0 Å². The summed E-state index contributed by atoms with van der Waals surface area (Å²) in [5.74, 6) is 0. The molecule has 0 saturated carbocycles. The van der Waals surface area contributed by atoms with Gasteiger partial charge in [-0.05, 0) is 23.7 Å². The molecule has 6 heteroatoms. The molecule has 2 heterocycles. The van der Waals surface area contributed by atoms with Gasteiger partial charge in [-0.25, -0.2) is 9.97 Å². The van der Waals surface area contributed by atoms with Crippen LogP contribution in [0, 0.1) is 0 Å². The van der Waals surface area contributed by atoms with E-state index in [1.54, 1.807) is 6.07 Å². The smallest absolute Gasteiger partial charge is 0.218 e. The molecule has 0 atom stereocenters. The van der Waals surface area contributed by atoms with Crippen molar-refractivity contribution >= 4 is 39.8 Å². The number of nitrogens with zero attached hydrogens (tertiary/aromatic N) is 4. The van der Waals surface area contributed by atoms with Crippen molar-refractivity contribution in [2.45, 2.75) is 0 Å². The Morgan fingerprint density at radius 1 is 1.20 bits per heavy atom. The zero-order valence-corrected chi connectivity index (χ0v) is 8.87. The fourth-order valence-electron chi connectivity index (χ4n) is 1.52. The first-order valence-electron chi connectivity index (χ1n) is 4.21. The lowest BCUT2D eigenvalue weighted by Crippen LogP contribution is -1.94. The lowest BCUT2D eigenvalue weighted by atomic mass is 10.2. The summed E-state index contributed by atoms with van der Waals surface area (Å²) in [7, 11) is 0. The maximum atomic E-state index is 6.08. The Balaban J connectivity index is 2.68. The lowest BCUT2D eigenvalue weighted by Gasteiger charge is -2.02. The van der Waals surface area contributed by atoms with Crippen molar-refractivity contribution in [2.24, 2.45) is 0 Å². The molecule has 0 radical (unpaired) electrons. The first-order valence-corrected chi connectivity index (χ1v) is 4.96. The summed E-state index contributed by atoms with van der Waals surface area (Å²) < 4.78 is 1.45. The molecule has 3 aromatic rings. The summed E-state index contributed by atoms with van der Waals surface area (Å²) in [5, 5.41) is 5.59. The van der Waals surface area contributed by atoms with Gasteiger partial charge in [0.15, 0.2) is 5.65 Å². The van der Waals surface area contributed by atoms with Gasteiger partial charge in [0.05, 0.1) is 15.9 Å². The monoisotopic (exact) mass is 238 g/mol. The summed E-state index contributed by atoms with van der Waals surface area (Å²) in [6, 6.07) is 5.44. The van der Waals surface area contributed by atoms with E-state index in [1.165, 1.54) is 10.8 Å². The molecule has 1 aromatic carbocycles. The first kappa shape index (κ1) is 8.88. The molecule has 0 N–H and O–H groups in total. The van der Waals surface area contributed by atoms with Crippen molar-refractivity contribution in [1.82, 2.24) is 19.6 Å². The van der Waals surface area contributed by atoms with Crippen molar-refractivity contribution in [3.8, 4) is 0 Å². The van der Waals surface area contributed by atoms with E-state index in [0.717, 1.165) is 5.39 Å². The average Bonchev–Trinajstić information content (AvgIpc) is 2.66. The van der Waals surface area contributed by atoms with Crippen molar-refractivity contribution in [3.05, 3.63) is 34.8 Å². The molecule has 0 spiro atoms. The van der Waals surface area contributed by atoms with Crippen LogP contribution in [-0.2, 0) is 0 Å². The van der Waals surface area contributed by atoms with Crippen molar-refractivity contribution in [2.75, 3.05) is 0 Å². The zero-order valence-electron chi connectivity index (χ0n) is 7.35. The summed E-state index contributed by atoms with van der Waals surface area (Å²) in [5.41, 5.74) is 1.34. The highest BCUT2D eigenvalue weighted by Crippen LogP contribution is 2.26. The maximum absolute atomic E-state index is 6.08. The SMILES string of the molecule is Clc1cccc2nc(Cl)n3ncnc3c12. The van der Waals surface area contributed by atoms with E-state index in [9.17, 15) is 0 Å². The normalized spacial score (nSPS) is 11.3. The number of rotatable bonds is 0. The highest BCUT2D eigenvalue weighted by atomic mass is 35.5. The third-order valence-corrected chi connectivity index (χ3v) is 2.71. The number of halogens is 2. The van der Waals surface area contributed by atoms with Gasteiger partial charge in [-0.1, -0.05) is 17.7 Å². The van der Waals surface area contributed by atoms with Gasteiger partial charge in [0.2, 0.25) is 5.28 Å². The minimum atomic E-state index is 0.275. The van der Waals surface area contributed by atoms with E-state index < -0.39 is 0 Å². The molecule has 15 heavy (non-hydrogen) atoms. The Hall–Kier alpha value is -1.39. The molecule has 0 saturated heterocycles. The first-order chi connectivity index (χ1) is 7.27. The molecular formula is C9H4Cl2N4. The molecule has 0 unspecified atom stereocenters. The molecule has 0 fully saturated rings. The largest absolute Gasteiger partial charge is 0.226 e. The van der Waals surface area contributed by atoms with E-state index >= 15 is 0 Å².